The van der Waals surface area contributed by atoms with Crippen LogP contribution in [-0.2, 0) is 13.0 Å². The molecular weight excluding hydrogens is 338 g/mol. The second-order valence-corrected chi connectivity index (χ2v) is 6.67. The van der Waals surface area contributed by atoms with Crippen molar-refractivity contribution in [1.29, 1.82) is 0 Å². The molecule has 0 bridgehead atoms. The molecule has 1 aliphatic rings. The molecule has 27 heavy (non-hydrogen) atoms. The fourth-order valence-electron chi connectivity index (χ4n) is 3.11. The second kappa shape index (κ2) is 7.50. The molecule has 0 spiro atoms. The molecule has 5 heteroatoms. The molecule has 0 unspecified atom stereocenters. The van der Waals surface area contributed by atoms with Crippen molar-refractivity contribution < 1.29 is 9.53 Å². The molecule has 0 aliphatic carbocycles. The predicted molar refractivity (Wildman–Crippen MR) is 105 cm³/mol. The van der Waals surface area contributed by atoms with Gasteiger partial charge in [0.1, 0.15) is 5.75 Å². The zero-order chi connectivity index (χ0) is 18.6. The van der Waals surface area contributed by atoms with Crippen LogP contribution in [0.5, 0.6) is 11.6 Å². The minimum atomic E-state index is -0.112. The first kappa shape index (κ1) is 17.1. The van der Waals surface area contributed by atoms with E-state index in [1.165, 1.54) is 16.7 Å². The van der Waals surface area contributed by atoms with Crippen molar-refractivity contribution in [3.05, 3.63) is 83.6 Å². The van der Waals surface area contributed by atoms with Crippen LogP contribution < -0.4 is 10.1 Å². The quantitative estimate of drug-likeness (QED) is 0.733. The van der Waals surface area contributed by atoms with Crippen LogP contribution >= 0.6 is 0 Å². The van der Waals surface area contributed by atoms with Gasteiger partial charge in [-0.05, 0) is 42.7 Å². The highest BCUT2D eigenvalue weighted by atomic mass is 16.5. The van der Waals surface area contributed by atoms with Crippen molar-refractivity contribution in [2.75, 3.05) is 11.9 Å². The lowest BCUT2D eigenvalue weighted by Crippen LogP contribution is -2.38. The molecule has 4 rings (SSSR count). The van der Waals surface area contributed by atoms with Crippen LogP contribution in [0.2, 0.25) is 0 Å². The monoisotopic (exact) mass is 359 g/mol. The molecule has 0 atom stereocenters. The first-order valence-corrected chi connectivity index (χ1v) is 9.01. The Bertz CT molecular complexity index is 937. The molecule has 2 amide bonds. The lowest BCUT2D eigenvalue weighted by molar-refractivity contribution is 0.206. The van der Waals surface area contributed by atoms with Crippen molar-refractivity contribution in [3.8, 4) is 11.6 Å². The number of aryl methyl sites for hydroxylation is 1. The van der Waals surface area contributed by atoms with E-state index in [4.69, 9.17) is 4.74 Å². The summed E-state index contributed by atoms with van der Waals surface area (Å²) in [5.41, 5.74) is 4.35. The summed E-state index contributed by atoms with van der Waals surface area (Å²) in [7, 11) is 0. The molecule has 5 nitrogen and oxygen atoms in total. The van der Waals surface area contributed by atoms with Crippen LogP contribution in [-0.4, -0.2) is 22.5 Å². The number of nitrogens with zero attached hydrogens (tertiary/aromatic N) is 2. The standard InChI is InChI=1S/C22H21N3O2/c1-16-6-9-20(10-7-16)27-21-11-8-19(14-23-21)24-22(26)25-13-12-17-4-2-3-5-18(17)15-25/h2-11,14H,12-13,15H2,1H3,(H,24,26). The Balaban J connectivity index is 1.37. The number of carbonyl (C=O) groups excluding carboxylic acids is 1. The number of ether oxygens (including phenoxy) is 1. The number of urea groups is 1. The lowest BCUT2D eigenvalue weighted by Gasteiger charge is -2.28. The van der Waals surface area contributed by atoms with Gasteiger partial charge in [-0.1, -0.05) is 42.0 Å². The molecule has 136 valence electrons. The van der Waals surface area contributed by atoms with E-state index in [9.17, 15) is 4.79 Å². The van der Waals surface area contributed by atoms with E-state index in [1.54, 1.807) is 18.3 Å². The van der Waals surface area contributed by atoms with Crippen molar-refractivity contribution in [1.82, 2.24) is 9.88 Å². The van der Waals surface area contributed by atoms with Gasteiger partial charge in [0.2, 0.25) is 5.88 Å². The lowest BCUT2D eigenvalue weighted by atomic mass is 10.0. The average Bonchev–Trinajstić information content (AvgIpc) is 2.71. The summed E-state index contributed by atoms with van der Waals surface area (Å²) in [6.07, 6.45) is 2.49. The van der Waals surface area contributed by atoms with Gasteiger partial charge in [0, 0.05) is 19.2 Å². The highest BCUT2D eigenvalue weighted by molar-refractivity contribution is 5.89. The maximum absolute atomic E-state index is 12.5. The second-order valence-electron chi connectivity index (χ2n) is 6.67. The van der Waals surface area contributed by atoms with E-state index in [0.717, 1.165) is 12.2 Å². The van der Waals surface area contributed by atoms with Gasteiger partial charge in [0.05, 0.1) is 11.9 Å². The summed E-state index contributed by atoms with van der Waals surface area (Å²) >= 11 is 0. The van der Waals surface area contributed by atoms with Gasteiger partial charge in [-0.3, -0.25) is 0 Å². The largest absolute Gasteiger partial charge is 0.439 e. The minimum Gasteiger partial charge on any atom is -0.439 e. The summed E-state index contributed by atoms with van der Waals surface area (Å²) in [5.74, 6) is 1.22. The number of hydrogen-bond acceptors (Lipinski definition) is 3. The van der Waals surface area contributed by atoms with Gasteiger partial charge < -0.3 is 15.0 Å². The number of nitrogens with one attached hydrogen (secondary N) is 1. The Kier molecular flexibility index (Phi) is 4.75. The number of aromatic nitrogens is 1. The van der Waals surface area contributed by atoms with E-state index in [2.05, 4.69) is 22.4 Å². The summed E-state index contributed by atoms with van der Waals surface area (Å²) in [6.45, 7) is 3.37. The van der Waals surface area contributed by atoms with Gasteiger partial charge in [-0.25, -0.2) is 9.78 Å². The predicted octanol–water partition coefficient (Wildman–Crippen LogP) is 4.77. The van der Waals surface area contributed by atoms with Crippen molar-refractivity contribution in [3.63, 3.8) is 0 Å². The third kappa shape index (κ3) is 4.08. The molecule has 1 aliphatic heterocycles. The molecule has 3 aromatic rings. The molecule has 1 N–H and O–H groups in total. The molecule has 0 saturated heterocycles. The summed E-state index contributed by atoms with van der Waals surface area (Å²) < 4.78 is 5.71. The Hall–Kier alpha value is -3.34. The van der Waals surface area contributed by atoms with Crippen LogP contribution in [0, 0.1) is 6.92 Å². The number of pyridine rings is 1. The first-order valence-electron chi connectivity index (χ1n) is 9.01. The molecular formula is C22H21N3O2. The average molecular weight is 359 g/mol. The number of carbonyl (C=O) groups is 1. The number of anilines is 1. The summed E-state index contributed by atoms with van der Waals surface area (Å²) in [4.78, 5) is 18.6. The maximum atomic E-state index is 12.5. The number of fused-ring (bicyclic) bond motifs is 1. The van der Waals surface area contributed by atoms with E-state index in [-0.39, 0.29) is 6.03 Å². The zero-order valence-corrected chi connectivity index (χ0v) is 15.2. The number of amides is 2. The molecule has 1 aromatic heterocycles. The SMILES string of the molecule is Cc1ccc(Oc2ccc(NC(=O)N3CCc4ccccc4C3)cn2)cc1. The molecule has 0 saturated carbocycles. The third-order valence-corrected chi connectivity index (χ3v) is 4.65. The Labute approximate surface area is 158 Å². The van der Waals surface area contributed by atoms with E-state index < -0.39 is 0 Å². The highest BCUT2D eigenvalue weighted by Crippen LogP contribution is 2.22. The fourth-order valence-corrected chi connectivity index (χ4v) is 3.11. The van der Waals surface area contributed by atoms with Gasteiger partial charge >= 0.3 is 6.03 Å². The van der Waals surface area contributed by atoms with Crippen molar-refractivity contribution in [2.24, 2.45) is 0 Å². The molecule has 0 radical (unpaired) electrons. The number of benzene rings is 2. The molecule has 2 heterocycles. The Morgan fingerprint density at radius 3 is 2.56 bits per heavy atom. The molecule has 2 aromatic carbocycles. The van der Waals surface area contributed by atoms with Crippen LogP contribution in [0.4, 0.5) is 10.5 Å². The van der Waals surface area contributed by atoms with Gasteiger partial charge in [-0.2, -0.15) is 0 Å². The Morgan fingerprint density at radius 2 is 1.81 bits per heavy atom. The summed E-state index contributed by atoms with van der Waals surface area (Å²) in [5, 5.41) is 2.91. The van der Waals surface area contributed by atoms with Gasteiger partial charge in [0.25, 0.3) is 0 Å². The summed E-state index contributed by atoms with van der Waals surface area (Å²) in [6, 6.07) is 19.5. The van der Waals surface area contributed by atoms with E-state index in [0.29, 0.717) is 24.7 Å². The zero-order valence-electron chi connectivity index (χ0n) is 15.2. The van der Waals surface area contributed by atoms with E-state index in [1.807, 2.05) is 48.2 Å². The fraction of sp³-hybridized carbons (Fsp3) is 0.182. The van der Waals surface area contributed by atoms with Gasteiger partial charge in [-0.15, -0.1) is 0 Å². The third-order valence-electron chi connectivity index (χ3n) is 4.65. The van der Waals surface area contributed by atoms with Crippen LogP contribution in [0.25, 0.3) is 0 Å². The molecule has 0 fully saturated rings. The first-order chi connectivity index (χ1) is 13.2. The van der Waals surface area contributed by atoms with Crippen molar-refractivity contribution >= 4 is 11.7 Å². The van der Waals surface area contributed by atoms with Crippen LogP contribution in [0.3, 0.4) is 0 Å². The maximum Gasteiger partial charge on any atom is 0.322 e. The Morgan fingerprint density at radius 1 is 1.04 bits per heavy atom. The van der Waals surface area contributed by atoms with Crippen LogP contribution in [0.1, 0.15) is 16.7 Å². The van der Waals surface area contributed by atoms with Crippen molar-refractivity contribution in [2.45, 2.75) is 19.9 Å². The van der Waals surface area contributed by atoms with E-state index >= 15 is 0 Å². The highest BCUT2D eigenvalue weighted by Gasteiger charge is 2.20. The minimum absolute atomic E-state index is 0.112. The van der Waals surface area contributed by atoms with Crippen LogP contribution in [0.15, 0.2) is 66.9 Å². The normalized spacial score (nSPS) is 13.0. The van der Waals surface area contributed by atoms with Gasteiger partial charge in [0.15, 0.2) is 0 Å². The number of hydrogen-bond donors (Lipinski definition) is 1. The smallest absolute Gasteiger partial charge is 0.322 e. The number of rotatable bonds is 3. The topological polar surface area (TPSA) is 54.5 Å².